The number of amides is 1. The molecule has 2 rings (SSSR count). The number of nitrogens with zero attached hydrogens (tertiary/aromatic N) is 1. The predicted molar refractivity (Wildman–Crippen MR) is 88.9 cm³/mol. The highest BCUT2D eigenvalue weighted by molar-refractivity contribution is 7.93. The summed E-state index contributed by atoms with van der Waals surface area (Å²) >= 11 is 1.19. The van der Waals surface area contributed by atoms with Gasteiger partial charge in [0.25, 0.3) is 10.0 Å². The Morgan fingerprint density at radius 2 is 2.04 bits per heavy atom. The number of carbonyl (C=O) groups excluding carboxylic acids is 1. The van der Waals surface area contributed by atoms with Crippen molar-refractivity contribution < 1.29 is 18.3 Å². The van der Waals surface area contributed by atoms with Gasteiger partial charge < -0.3 is 10.4 Å². The molecule has 0 bridgehead atoms. The highest BCUT2D eigenvalue weighted by Gasteiger charge is 2.16. The summed E-state index contributed by atoms with van der Waals surface area (Å²) in [5, 5.41) is 13.5. The number of anilines is 2. The normalized spacial score (nSPS) is 12.6. The third-order valence-corrected chi connectivity index (χ3v) is 5.27. The largest absolute Gasteiger partial charge is 0.396 e. The summed E-state index contributed by atoms with van der Waals surface area (Å²) in [4.78, 5) is 15.8. The molecular formula is C14H17N3O4S2. The molecule has 1 unspecified atom stereocenters. The van der Waals surface area contributed by atoms with Crippen LogP contribution in [0.25, 0.3) is 0 Å². The van der Waals surface area contributed by atoms with E-state index in [2.05, 4.69) is 15.0 Å². The molecule has 23 heavy (non-hydrogen) atoms. The van der Waals surface area contributed by atoms with Crippen LogP contribution in [0.15, 0.2) is 40.7 Å². The highest BCUT2D eigenvalue weighted by atomic mass is 32.2. The van der Waals surface area contributed by atoms with Crippen LogP contribution >= 0.6 is 11.3 Å². The Morgan fingerprint density at radius 1 is 1.35 bits per heavy atom. The Hall–Kier alpha value is -1.97. The van der Waals surface area contributed by atoms with Gasteiger partial charge in [-0.05, 0) is 30.7 Å². The van der Waals surface area contributed by atoms with Crippen molar-refractivity contribution in [3.05, 3.63) is 35.8 Å². The zero-order valence-corrected chi connectivity index (χ0v) is 14.0. The van der Waals surface area contributed by atoms with Gasteiger partial charge in [0.2, 0.25) is 5.91 Å². The highest BCUT2D eigenvalue weighted by Crippen LogP contribution is 2.20. The molecule has 0 aliphatic carbocycles. The minimum Gasteiger partial charge on any atom is -0.396 e. The second-order valence-electron chi connectivity index (χ2n) is 4.87. The quantitative estimate of drug-likeness (QED) is 0.703. The number of carbonyl (C=O) groups is 1. The number of nitrogens with one attached hydrogen (secondary N) is 2. The lowest BCUT2D eigenvalue weighted by Crippen LogP contribution is -2.21. The summed E-state index contributed by atoms with van der Waals surface area (Å²) in [6.07, 6.45) is 1.88. The van der Waals surface area contributed by atoms with Crippen molar-refractivity contribution in [2.45, 2.75) is 18.2 Å². The van der Waals surface area contributed by atoms with Crippen LogP contribution in [-0.4, -0.2) is 31.0 Å². The third-order valence-electron chi connectivity index (χ3n) is 3.10. The molecule has 1 aromatic heterocycles. The molecule has 0 fully saturated rings. The summed E-state index contributed by atoms with van der Waals surface area (Å²) in [6, 6.07) is 5.84. The molecule has 1 atom stereocenters. The van der Waals surface area contributed by atoms with Gasteiger partial charge >= 0.3 is 0 Å². The van der Waals surface area contributed by atoms with E-state index in [1.54, 1.807) is 12.3 Å². The zero-order valence-electron chi connectivity index (χ0n) is 12.4. The van der Waals surface area contributed by atoms with Crippen molar-refractivity contribution in [2.75, 3.05) is 16.6 Å². The van der Waals surface area contributed by atoms with E-state index < -0.39 is 10.0 Å². The number of sulfonamides is 1. The number of aliphatic hydroxyl groups is 1. The van der Waals surface area contributed by atoms with E-state index in [0.29, 0.717) is 17.2 Å². The van der Waals surface area contributed by atoms with E-state index in [9.17, 15) is 13.2 Å². The van der Waals surface area contributed by atoms with Gasteiger partial charge in [-0.15, -0.1) is 11.3 Å². The molecule has 0 spiro atoms. The zero-order chi connectivity index (χ0) is 16.9. The fourth-order valence-corrected chi connectivity index (χ4v) is 3.54. The number of aromatic nitrogens is 1. The van der Waals surface area contributed by atoms with Crippen molar-refractivity contribution >= 4 is 38.1 Å². The van der Waals surface area contributed by atoms with Crippen LogP contribution in [0.4, 0.5) is 10.8 Å². The van der Waals surface area contributed by atoms with E-state index in [1.165, 1.54) is 41.8 Å². The molecule has 0 aliphatic heterocycles. The summed E-state index contributed by atoms with van der Waals surface area (Å²) < 4.78 is 26.7. The van der Waals surface area contributed by atoms with E-state index in [4.69, 9.17) is 5.11 Å². The maximum Gasteiger partial charge on any atom is 0.263 e. The first-order chi connectivity index (χ1) is 10.9. The molecule has 1 amide bonds. The van der Waals surface area contributed by atoms with Crippen LogP contribution in [0.2, 0.25) is 0 Å². The number of aliphatic hydroxyl groups excluding tert-OH is 1. The SMILES string of the molecule is CC(CCO)C(=O)Nc1ccc(S(=O)(=O)Nc2nccs2)cc1. The molecule has 0 saturated carbocycles. The van der Waals surface area contributed by atoms with Crippen LogP contribution in [0.3, 0.4) is 0 Å². The van der Waals surface area contributed by atoms with Crippen LogP contribution in [0, 0.1) is 5.92 Å². The van der Waals surface area contributed by atoms with Gasteiger partial charge in [0, 0.05) is 29.8 Å². The molecule has 2 aromatic rings. The number of benzene rings is 1. The fourth-order valence-electron chi connectivity index (χ4n) is 1.76. The standard InChI is InChI=1S/C14H17N3O4S2/c1-10(6-8-18)13(19)16-11-2-4-12(5-3-11)23(20,21)17-14-15-7-9-22-14/h2-5,7,9-10,18H,6,8H2,1H3,(H,15,17)(H,16,19). The molecule has 0 saturated heterocycles. The first kappa shape index (κ1) is 17.4. The molecule has 1 heterocycles. The monoisotopic (exact) mass is 355 g/mol. The van der Waals surface area contributed by atoms with Gasteiger partial charge in [-0.1, -0.05) is 6.92 Å². The average molecular weight is 355 g/mol. The lowest BCUT2D eigenvalue weighted by atomic mass is 10.1. The molecule has 0 aliphatic rings. The average Bonchev–Trinajstić information content (AvgIpc) is 3.00. The Labute approximate surface area is 138 Å². The van der Waals surface area contributed by atoms with Gasteiger partial charge in [-0.2, -0.15) is 0 Å². The maximum absolute atomic E-state index is 12.2. The molecule has 9 heteroatoms. The minimum atomic E-state index is -3.70. The molecule has 7 nitrogen and oxygen atoms in total. The van der Waals surface area contributed by atoms with E-state index >= 15 is 0 Å². The van der Waals surface area contributed by atoms with E-state index in [0.717, 1.165) is 0 Å². The van der Waals surface area contributed by atoms with Gasteiger partial charge in [0.15, 0.2) is 5.13 Å². The predicted octanol–water partition coefficient (Wildman–Crippen LogP) is 1.90. The number of hydrogen-bond acceptors (Lipinski definition) is 6. The third kappa shape index (κ3) is 4.75. The number of hydrogen-bond donors (Lipinski definition) is 3. The lowest BCUT2D eigenvalue weighted by molar-refractivity contribution is -0.119. The molecule has 1 aromatic carbocycles. The summed E-state index contributed by atoms with van der Waals surface area (Å²) in [5.74, 6) is -0.550. The van der Waals surface area contributed by atoms with Crippen molar-refractivity contribution in [1.82, 2.24) is 4.98 Å². The number of thiazole rings is 1. The van der Waals surface area contributed by atoms with Crippen LogP contribution < -0.4 is 10.0 Å². The Bertz CT molecular complexity index is 743. The summed E-state index contributed by atoms with van der Waals surface area (Å²) in [6.45, 7) is 1.65. The van der Waals surface area contributed by atoms with E-state index in [1.807, 2.05) is 0 Å². The molecule has 0 radical (unpaired) electrons. The summed E-state index contributed by atoms with van der Waals surface area (Å²) in [7, 11) is -3.70. The van der Waals surface area contributed by atoms with Crippen molar-refractivity contribution in [2.24, 2.45) is 5.92 Å². The molecule has 3 N–H and O–H groups in total. The van der Waals surface area contributed by atoms with Gasteiger partial charge in [-0.25, -0.2) is 13.4 Å². The molecule has 124 valence electrons. The van der Waals surface area contributed by atoms with Gasteiger partial charge in [-0.3, -0.25) is 9.52 Å². The van der Waals surface area contributed by atoms with Gasteiger partial charge in [0.05, 0.1) is 4.90 Å². The minimum absolute atomic E-state index is 0.0613. The van der Waals surface area contributed by atoms with Gasteiger partial charge in [0.1, 0.15) is 0 Å². The number of rotatable bonds is 7. The Balaban J connectivity index is 2.05. The fraction of sp³-hybridized carbons (Fsp3) is 0.286. The van der Waals surface area contributed by atoms with Crippen LogP contribution in [0.5, 0.6) is 0 Å². The van der Waals surface area contributed by atoms with Crippen molar-refractivity contribution in [1.29, 1.82) is 0 Å². The van der Waals surface area contributed by atoms with Crippen LogP contribution in [-0.2, 0) is 14.8 Å². The smallest absolute Gasteiger partial charge is 0.263 e. The second kappa shape index (κ2) is 7.53. The lowest BCUT2D eigenvalue weighted by Gasteiger charge is -2.11. The molecular weight excluding hydrogens is 338 g/mol. The van der Waals surface area contributed by atoms with Crippen molar-refractivity contribution in [3.63, 3.8) is 0 Å². The van der Waals surface area contributed by atoms with Crippen molar-refractivity contribution in [3.8, 4) is 0 Å². The van der Waals surface area contributed by atoms with Crippen LogP contribution in [0.1, 0.15) is 13.3 Å². The van der Waals surface area contributed by atoms with E-state index in [-0.39, 0.29) is 23.3 Å². The first-order valence-corrected chi connectivity index (χ1v) is 9.23. The Morgan fingerprint density at radius 3 is 2.61 bits per heavy atom. The topological polar surface area (TPSA) is 108 Å². The second-order valence-corrected chi connectivity index (χ2v) is 7.45. The first-order valence-electron chi connectivity index (χ1n) is 6.86. The maximum atomic E-state index is 12.2. The summed E-state index contributed by atoms with van der Waals surface area (Å²) in [5.41, 5.74) is 0.494. The Kier molecular flexibility index (Phi) is 5.69.